The third kappa shape index (κ3) is 5.38. The van der Waals surface area contributed by atoms with Crippen LogP contribution in [0.25, 0.3) is 0 Å². The lowest BCUT2D eigenvalue weighted by Gasteiger charge is -2.29. The summed E-state index contributed by atoms with van der Waals surface area (Å²) in [5, 5.41) is 6.25. The average molecular weight is 254 g/mol. The van der Waals surface area contributed by atoms with Gasteiger partial charge in [0.15, 0.2) is 0 Å². The molecule has 3 heteroatoms. The van der Waals surface area contributed by atoms with Crippen LogP contribution < -0.4 is 10.6 Å². The molecule has 1 rings (SSSR count). The maximum absolute atomic E-state index is 11.8. The lowest BCUT2D eigenvalue weighted by molar-refractivity contribution is -0.123. The van der Waals surface area contributed by atoms with Gasteiger partial charge in [0.05, 0.1) is 6.04 Å². The van der Waals surface area contributed by atoms with Crippen molar-refractivity contribution in [3.8, 4) is 0 Å². The molecular weight excluding hydrogens is 224 g/mol. The summed E-state index contributed by atoms with van der Waals surface area (Å²) in [6, 6.07) is -0.0211. The molecule has 1 aliphatic carbocycles. The standard InChI is InChI=1S/C15H30N2O/c1-11(2)8-14(15(18)16-4)17-10-13-7-5-6-12(3)9-13/h11-14,17H,5-10H2,1-4H3,(H,16,18). The average Bonchev–Trinajstić information content (AvgIpc) is 2.33. The zero-order valence-corrected chi connectivity index (χ0v) is 12.5. The van der Waals surface area contributed by atoms with Crippen LogP contribution in [0.4, 0.5) is 0 Å². The van der Waals surface area contributed by atoms with Gasteiger partial charge < -0.3 is 10.6 Å². The lowest BCUT2D eigenvalue weighted by Crippen LogP contribution is -2.45. The monoisotopic (exact) mass is 254 g/mol. The predicted octanol–water partition coefficient (Wildman–Crippen LogP) is 2.56. The van der Waals surface area contributed by atoms with E-state index in [1.54, 1.807) is 7.05 Å². The highest BCUT2D eigenvalue weighted by molar-refractivity contribution is 5.81. The number of likely N-dealkylation sites (N-methyl/N-ethyl adjacent to an activating group) is 1. The highest BCUT2D eigenvalue weighted by Gasteiger charge is 2.22. The fourth-order valence-corrected chi connectivity index (χ4v) is 2.98. The van der Waals surface area contributed by atoms with Crippen LogP contribution in [0.2, 0.25) is 0 Å². The summed E-state index contributed by atoms with van der Waals surface area (Å²) in [5.41, 5.74) is 0. The molecule has 1 saturated carbocycles. The molecule has 0 radical (unpaired) electrons. The topological polar surface area (TPSA) is 41.1 Å². The van der Waals surface area contributed by atoms with Crippen LogP contribution in [0.3, 0.4) is 0 Å². The summed E-state index contributed by atoms with van der Waals surface area (Å²) in [7, 11) is 1.72. The first-order valence-electron chi connectivity index (χ1n) is 7.47. The van der Waals surface area contributed by atoms with Gasteiger partial charge in [0.25, 0.3) is 0 Å². The lowest BCUT2D eigenvalue weighted by atomic mass is 9.82. The molecule has 2 N–H and O–H groups in total. The largest absolute Gasteiger partial charge is 0.358 e. The van der Waals surface area contributed by atoms with Crippen molar-refractivity contribution in [1.29, 1.82) is 0 Å². The molecule has 0 aromatic carbocycles. The Morgan fingerprint density at radius 3 is 2.61 bits per heavy atom. The number of nitrogens with one attached hydrogen (secondary N) is 2. The van der Waals surface area contributed by atoms with E-state index in [2.05, 4.69) is 31.4 Å². The summed E-state index contributed by atoms with van der Waals surface area (Å²) in [6.07, 6.45) is 6.28. The van der Waals surface area contributed by atoms with Crippen molar-refractivity contribution in [3.05, 3.63) is 0 Å². The van der Waals surface area contributed by atoms with Crippen LogP contribution in [0.5, 0.6) is 0 Å². The SMILES string of the molecule is CNC(=O)C(CC(C)C)NCC1CCCC(C)C1. The van der Waals surface area contributed by atoms with Crippen LogP contribution in [0.15, 0.2) is 0 Å². The number of amides is 1. The van der Waals surface area contributed by atoms with Crippen LogP contribution in [-0.2, 0) is 4.79 Å². The molecule has 0 spiro atoms. The molecule has 1 fully saturated rings. The van der Waals surface area contributed by atoms with Crippen molar-refractivity contribution in [1.82, 2.24) is 10.6 Å². The van der Waals surface area contributed by atoms with Gasteiger partial charge in [0, 0.05) is 7.05 Å². The van der Waals surface area contributed by atoms with Gasteiger partial charge in [-0.05, 0) is 43.6 Å². The fraction of sp³-hybridized carbons (Fsp3) is 0.933. The molecule has 0 saturated heterocycles. The van der Waals surface area contributed by atoms with Crippen LogP contribution in [-0.4, -0.2) is 25.5 Å². The van der Waals surface area contributed by atoms with Crippen LogP contribution >= 0.6 is 0 Å². The smallest absolute Gasteiger partial charge is 0.236 e. The minimum Gasteiger partial charge on any atom is -0.358 e. The van der Waals surface area contributed by atoms with Crippen molar-refractivity contribution < 1.29 is 4.79 Å². The third-order valence-electron chi connectivity index (χ3n) is 3.97. The maximum atomic E-state index is 11.8. The Labute approximate surface area is 112 Å². The molecule has 3 atom stereocenters. The summed E-state index contributed by atoms with van der Waals surface area (Å²) >= 11 is 0. The van der Waals surface area contributed by atoms with E-state index in [1.807, 2.05) is 0 Å². The Morgan fingerprint density at radius 1 is 1.33 bits per heavy atom. The molecule has 0 aliphatic heterocycles. The summed E-state index contributed by atoms with van der Waals surface area (Å²) in [4.78, 5) is 11.8. The van der Waals surface area contributed by atoms with Gasteiger partial charge >= 0.3 is 0 Å². The van der Waals surface area contributed by atoms with Gasteiger partial charge in [-0.25, -0.2) is 0 Å². The Hall–Kier alpha value is -0.570. The van der Waals surface area contributed by atoms with E-state index in [0.717, 1.165) is 24.8 Å². The molecular formula is C15H30N2O. The summed E-state index contributed by atoms with van der Waals surface area (Å²) < 4.78 is 0. The normalized spacial score (nSPS) is 26.1. The van der Waals surface area contributed by atoms with Crippen LogP contribution in [0, 0.1) is 17.8 Å². The Balaban J connectivity index is 2.38. The number of rotatable bonds is 6. The molecule has 0 bridgehead atoms. The third-order valence-corrected chi connectivity index (χ3v) is 3.97. The Morgan fingerprint density at radius 2 is 2.06 bits per heavy atom. The molecule has 18 heavy (non-hydrogen) atoms. The zero-order chi connectivity index (χ0) is 13.5. The van der Waals surface area contributed by atoms with E-state index in [4.69, 9.17) is 0 Å². The van der Waals surface area contributed by atoms with Crippen LogP contribution in [0.1, 0.15) is 52.9 Å². The van der Waals surface area contributed by atoms with Crippen molar-refractivity contribution in [3.63, 3.8) is 0 Å². The van der Waals surface area contributed by atoms with Gasteiger partial charge in [-0.3, -0.25) is 4.79 Å². The van der Waals surface area contributed by atoms with Crippen molar-refractivity contribution in [2.45, 2.75) is 58.9 Å². The zero-order valence-electron chi connectivity index (χ0n) is 12.5. The van der Waals surface area contributed by atoms with Gasteiger partial charge in [0.1, 0.15) is 0 Å². The molecule has 106 valence electrons. The van der Waals surface area contributed by atoms with E-state index in [9.17, 15) is 4.79 Å². The van der Waals surface area contributed by atoms with Crippen molar-refractivity contribution in [2.75, 3.05) is 13.6 Å². The maximum Gasteiger partial charge on any atom is 0.236 e. The van der Waals surface area contributed by atoms with E-state index in [0.29, 0.717) is 5.92 Å². The molecule has 3 nitrogen and oxygen atoms in total. The van der Waals surface area contributed by atoms with Gasteiger partial charge in [-0.15, -0.1) is 0 Å². The first kappa shape index (κ1) is 15.5. The molecule has 1 amide bonds. The second-order valence-electron chi connectivity index (χ2n) is 6.34. The quantitative estimate of drug-likeness (QED) is 0.765. The van der Waals surface area contributed by atoms with E-state index >= 15 is 0 Å². The first-order valence-corrected chi connectivity index (χ1v) is 7.47. The molecule has 0 aromatic rings. The Kier molecular flexibility index (Phi) is 6.69. The molecule has 1 aliphatic rings. The molecule has 0 heterocycles. The fourth-order valence-electron chi connectivity index (χ4n) is 2.98. The van der Waals surface area contributed by atoms with Gasteiger partial charge in [-0.1, -0.05) is 33.6 Å². The van der Waals surface area contributed by atoms with Crippen molar-refractivity contribution in [2.24, 2.45) is 17.8 Å². The second kappa shape index (κ2) is 7.78. The Bertz CT molecular complexity index is 253. The van der Waals surface area contributed by atoms with E-state index < -0.39 is 0 Å². The van der Waals surface area contributed by atoms with E-state index in [-0.39, 0.29) is 11.9 Å². The van der Waals surface area contributed by atoms with Crippen molar-refractivity contribution >= 4 is 5.91 Å². The number of hydrogen-bond donors (Lipinski definition) is 2. The number of carbonyl (C=O) groups is 1. The van der Waals surface area contributed by atoms with E-state index in [1.165, 1.54) is 25.7 Å². The number of carbonyl (C=O) groups excluding carboxylic acids is 1. The second-order valence-corrected chi connectivity index (χ2v) is 6.34. The van der Waals surface area contributed by atoms with Gasteiger partial charge in [0.2, 0.25) is 5.91 Å². The summed E-state index contributed by atoms with van der Waals surface area (Å²) in [6.45, 7) is 7.67. The highest BCUT2D eigenvalue weighted by atomic mass is 16.2. The summed E-state index contributed by atoms with van der Waals surface area (Å²) in [5.74, 6) is 2.29. The minimum atomic E-state index is -0.0211. The molecule has 0 aromatic heterocycles. The van der Waals surface area contributed by atoms with Gasteiger partial charge in [-0.2, -0.15) is 0 Å². The predicted molar refractivity (Wildman–Crippen MR) is 76.4 cm³/mol. The first-order chi connectivity index (χ1) is 8.52. The number of hydrogen-bond acceptors (Lipinski definition) is 2. The highest BCUT2D eigenvalue weighted by Crippen LogP contribution is 2.28. The molecule has 3 unspecified atom stereocenters. The minimum absolute atomic E-state index is 0.0211.